The minimum atomic E-state index is 0.414. The molecule has 3 nitrogen and oxygen atoms in total. The van der Waals surface area contributed by atoms with Crippen LogP contribution >= 0.6 is 0 Å². The summed E-state index contributed by atoms with van der Waals surface area (Å²) in [5, 5.41) is 3.31. The van der Waals surface area contributed by atoms with E-state index in [9.17, 15) is 0 Å². The van der Waals surface area contributed by atoms with Crippen molar-refractivity contribution in [3.8, 4) is 0 Å². The van der Waals surface area contributed by atoms with Crippen molar-refractivity contribution in [2.24, 2.45) is 0 Å². The average molecular weight is 223 g/mol. The van der Waals surface area contributed by atoms with Gasteiger partial charge in [-0.05, 0) is 17.5 Å². The van der Waals surface area contributed by atoms with Crippen LogP contribution in [0, 0.1) is 0 Å². The van der Waals surface area contributed by atoms with E-state index in [0.29, 0.717) is 5.92 Å². The fourth-order valence-electron chi connectivity index (χ4n) is 2.73. The third-order valence-electron chi connectivity index (χ3n) is 3.75. The van der Waals surface area contributed by atoms with Gasteiger partial charge < -0.3 is 5.32 Å². The molecule has 0 spiro atoms. The zero-order chi connectivity index (χ0) is 11.2. The van der Waals surface area contributed by atoms with Gasteiger partial charge in [-0.15, -0.1) is 0 Å². The molecule has 1 N–H and O–H groups in total. The Morgan fingerprint density at radius 2 is 2.06 bits per heavy atom. The summed E-state index contributed by atoms with van der Waals surface area (Å²) in [6.07, 6.45) is 3.07. The number of aromatic nitrogens is 2. The molecule has 1 aromatic heterocycles. The van der Waals surface area contributed by atoms with E-state index in [1.54, 1.807) is 0 Å². The Morgan fingerprint density at radius 1 is 1.12 bits per heavy atom. The van der Waals surface area contributed by atoms with Crippen molar-refractivity contribution in [2.45, 2.75) is 25.4 Å². The van der Waals surface area contributed by atoms with Crippen LogP contribution in [-0.4, -0.2) is 9.97 Å². The van der Waals surface area contributed by atoms with Crippen molar-refractivity contribution < 1.29 is 0 Å². The normalized spacial score (nSPS) is 20.6. The van der Waals surface area contributed by atoms with Crippen LogP contribution in [0.4, 0.5) is 0 Å². The van der Waals surface area contributed by atoms with E-state index < -0.39 is 0 Å². The molecule has 17 heavy (non-hydrogen) atoms. The van der Waals surface area contributed by atoms with Crippen molar-refractivity contribution in [3.63, 3.8) is 0 Å². The Labute approximate surface area is 99.9 Å². The van der Waals surface area contributed by atoms with Crippen LogP contribution in [0.15, 0.2) is 30.5 Å². The van der Waals surface area contributed by atoms with Crippen LogP contribution in [0.5, 0.6) is 0 Å². The van der Waals surface area contributed by atoms with Gasteiger partial charge in [-0.1, -0.05) is 24.3 Å². The molecule has 1 atom stereocenters. The fraction of sp³-hybridized carbons (Fsp3) is 0.286. The lowest BCUT2D eigenvalue weighted by atomic mass is 9.77. The zero-order valence-corrected chi connectivity index (χ0v) is 9.48. The molecule has 1 aliphatic heterocycles. The Morgan fingerprint density at radius 3 is 3.00 bits per heavy atom. The summed E-state index contributed by atoms with van der Waals surface area (Å²) in [6, 6.07) is 8.58. The molecule has 2 aliphatic rings. The molecule has 4 rings (SSSR count). The number of nitrogens with one attached hydrogen (secondary N) is 1. The van der Waals surface area contributed by atoms with E-state index >= 15 is 0 Å². The molecular weight excluding hydrogens is 210 g/mol. The highest BCUT2D eigenvalue weighted by Gasteiger charge is 2.29. The van der Waals surface area contributed by atoms with Gasteiger partial charge in [-0.3, -0.25) is 0 Å². The zero-order valence-electron chi connectivity index (χ0n) is 9.48. The summed E-state index contributed by atoms with van der Waals surface area (Å²) in [4.78, 5) is 9.22. The molecule has 1 aliphatic carbocycles. The monoisotopic (exact) mass is 223 g/mol. The molecule has 84 valence electrons. The third kappa shape index (κ3) is 1.32. The second-order valence-corrected chi connectivity index (χ2v) is 4.76. The van der Waals surface area contributed by atoms with E-state index in [4.69, 9.17) is 4.98 Å². The van der Waals surface area contributed by atoms with Crippen molar-refractivity contribution in [3.05, 3.63) is 58.7 Å². The average Bonchev–Trinajstić information content (AvgIpc) is 2.78. The van der Waals surface area contributed by atoms with Gasteiger partial charge in [0.1, 0.15) is 5.82 Å². The molecule has 1 unspecified atom stereocenters. The Hall–Kier alpha value is -1.74. The minimum absolute atomic E-state index is 0.414. The first kappa shape index (κ1) is 9.31. The number of rotatable bonds is 1. The first-order valence-corrected chi connectivity index (χ1v) is 6.05. The number of hydrogen-bond donors (Lipinski definition) is 1. The van der Waals surface area contributed by atoms with Crippen LogP contribution < -0.4 is 5.32 Å². The van der Waals surface area contributed by atoms with Gasteiger partial charge in [0.25, 0.3) is 0 Å². The first-order valence-electron chi connectivity index (χ1n) is 6.05. The maximum absolute atomic E-state index is 4.70. The van der Waals surface area contributed by atoms with Gasteiger partial charge >= 0.3 is 0 Å². The lowest BCUT2D eigenvalue weighted by Gasteiger charge is -2.28. The lowest BCUT2D eigenvalue weighted by Crippen LogP contribution is -2.20. The SMILES string of the molecule is c1ccc2c(c1)CC2c1ncc2c(n1)CNC2. The highest BCUT2D eigenvalue weighted by molar-refractivity contribution is 5.44. The molecule has 0 radical (unpaired) electrons. The highest BCUT2D eigenvalue weighted by Crippen LogP contribution is 2.38. The maximum atomic E-state index is 4.70. The van der Waals surface area contributed by atoms with Crippen LogP contribution in [0.2, 0.25) is 0 Å². The molecule has 2 heterocycles. The Balaban J connectivity index is 1.74. The summed E-state index contributed by atoms with van der Waals surface area (Å²) in [7, 11) is 0. The van der Waals surface area contributed by atoms with E-state index in [0.717, 1.165) is 25.3 Å². The van der Waals surface area contributed by atoms with Crippen molar-refractivity contribution in [1.82, 2.24) is 15.3 Å². The molecule has 0 amide bonds. The molecule has 2 aromatic rings. The van der Waals surface area contributed by atoms with E-state index in [-0.39, 0.29) is 0 Å². The largest absolute Gasteiger partial charge is 0.307 e. The topological polar surface area (TPSA) is 37.8 Å². The Bertz CT molecular complexity index is 592. The van der Waals surface area contributed by atoms with Crippen molar-refractivity contribution in [1.29, 1.82) is 0 Å². The molecule has 0 saturated heterocycles. The van der Waals surface area contributed by atoms with Gasteiger partial charge in [0.15, 0.2) is 0 Å². The molecule has 0 fully saturated rings. The molecule has 3 heteroatoms. The number of fused-ring (bicyclic) bond motifs is 2. The first-order chi connectivity index (χ1) is 8.42. The summed E-state index contributed by atoms with van der Waals surface area (Å²) in [6.45, 7) is 1.80. The van der Waals surface area contributed by atoms with Gasteiger partial charge in [0.05, 0.1) is 5.69 Å². The number of hydrogen-bond acceptors (Lipinski definition) is 3. The van der Waals surface area contributed by atoms with Gasteiger partial charge in [-0.25, -0.2) is 9.97 Å². The molecule has 0 saturated carbocycles. The van der Waals surface area contributed by atoms with Crippen molar-refractivity contribution in [2.75, 3.05) is 0 Å². The van der Waals surface area contributed by atoms with Crippen LogP contribution in [-0.2, 0) is 19.5 Å². The second-order valence-electron chi connectivity index (χ2n) is 4.76. The third-order valence-corrected chi connectivity index (χ3v) is 3.75. The van der Waals surface area contributed by atoms with Crippen LogP contribution in [0.3, 0.4) is 0 Å². The van der Waals surface area contributed by atoms with Crippen molar-refractivity contribution >= 4 is 0 Å². The van der Waals surface area contributed by atoms with E-state index in [1.807, 2.05) is 6.20 Å². The fourth-order valence-corrected chi connectivity index (χ4v) is 2.73. The summed E-state index contributed by atoms with van der Waals surface area (Å²) in [5.41, 5.74) is 5.28. The predicted octanol–water partition coefficient (Wildman–Crippen LogP) is 1.77. The summed E-state index contributed by atoms with van der Waals surface area (Å²) < 4.78 is 0. The number of benzene rings is 1. The van der Waals surface area contributed by atoms with E-state index in [1.165, 1.54) is 22.4 Å². The van der Waals surface area contributed by atoms with Crippen LogP contribution in [0.1, 0.15) is 34.1 Å². The maximum Gasteiger partial charge on any atom is 0.136 e. The van der Waals surface area contributed by atoms with Crippen LogP contribution in [0.25, 0.3) is 0 Å². The molecular formula is C14H13N3. The predicted molar refractivity (Wildman–Crippen MR) is 64.6 cm³/mol. The highest BCUT2D eigenvalue weighted by atomic mass is 15.0. The summed E-state index contributed by atoms with van der Waals surface area (Å²) >= 11 is 0. The quantitative estimate of drug-likeness (QED) is 0.800. The Kier molecular flexibility index (Phi) is 1.85. The smallest absolute Gasteiger partial charge is 0.136 e. The van der Waals surface area contributed by atoms with E-state index in [2.05, 4.69) is 34.6 Å². The standard InChI is InChI=1S/C14H13N3/c1-2-4-11-9(3-1)5-12(11)14-16-7-10-6-15-8-13(10)17-14/h1-4,7,12,15H,5-6,8H2. The lowest BCUT2D eigenvalue weighted by molar-refractivity contribution is 0.653. The molecule has 0 bridgehead atoms. The molecule has 1 aromatic carbocycles. The van der Waals surface area contributed by atoms with Gasteiger partial charge in [0.2, 0.25) is 0 Å². The number of nitrogens with zero attached hydrogens (tertiary/aromatic N) is 2. The van der Waals surface area contributed by atoms with Gasteiger partial charge in [0, 0.05) is 30.8 Å². The second kappa shape index (κ2) is 3.37. The minimum Gasteiger partial charge on any atom is -0.307 e. The van der Waals surface area contributed by atoms with Gasteiger partial charge in [-0.2, -0.15) is 0 Å². The summed E-state index contributed by atoms with van der Waals surface area (Å²) in [5.74, 6) is 1.41.